The normalized spacial score (nSPS) is 17.4. The summed E-state index contributed by atoms with van der Waals surface area (Å²) in [6.07, 6.45) is 6.82. The fraction of sp³-hybridized carbons (Fsp3) is 0.588. The molecule has 0 radical (unpaired) electrons. The molecule has 142 valence electrons. The fourth-order valence-corrected chi connectivity index (χ4v) is 2.91. The molecule has 0 saturated carbocycles. The summed E-state index contributed by atoms with van der Waals surface area (Å²) in [5.74, 6) is -2.98. The first-order valence-electron chi connectivity index (χ1n) is 8.82. The van der Waals surface area contributed by atoms with Gasteiger partial charge < -0.3 is 10.6 Å². The fourth-order valence-electron chi connectivity index (χ4n) is 2.91. The second kappa shape index (κ2) is 9.12. The molecule has 1 heterocycles. The Morgan fingerprint density at radius 1 is 1.04 bits per heavy atom. The number of hydrogen-bond acceptors (Lipinski definition) is 5. The highest BCUT2D eigenvalue weighted by molar-refractivity contribution is 6.45. The number of amides is 6. The van der Waals surface area contributed by atoms with Crippen LogP contribution in [-0.4, -0.2) is 65.6 Å². The molecule has 9 nitrogen and oxygen atoms in total. The molecule has 0 spiro atoms. The van der Waals surface area contributed by atoms with Crippen LogP contribution < -0.4 is 10.6 Å². The van der Waals surface area contributed by atoms with E-state index in [2.05, 4.69) is 16.7 Å². The van der Waals surface area contributed by atoms with Crippen LogP contribution in [0.25, 0.3) is 0 Å². The molecule has 1 fully saturated rings. The van der Waals surface area contributed by atoms with Crippen molar-refractivity contribution in [3.05, 3.63) is 11.6 Å². The van der Waals surface area contributed by atoms with E-state index in [9.17, 15) is 24.0 Å². The monoisotopic (exact) mass is 364 g/mol. The summed E-state index contributed by atoms with van der Waals surface area (Å²) in [5, 5.41) is 4.82. The van der Waals surface area contributed by atoms with E-state index in [-0.39, 0.29) is 19.0 Å². The predicted octanol–water partition coefficient (Wildman–Crippen LogP) is -0.0800. The standard InChI is InChI=1S/C17H24N4O5/c1-2-18-13(22)10-19-14(23)11-21-16(25)15(24)20(17(21)26)9-8-12-6-4-3-5-7-12/h6H,2-5,7-11H2,1H3,(H,18,22)(H,19,23). The van der Waals surface area contributed by atoms with Crippen LogP contribution in [0.15, 0.2) is 11.6 Å². The Bertz CT molecular complexity index is 643. The number of nitrogens with one attached hydrogen (secondary N) is 2. The predicted molar refractivity (Wildman–Crippen MR) is 91.7 cm³/mol. The Labute approximate surface area is 151 Å². The lowest BCUT2D eigenvalue weighted by Crippen LogP contribution is -2.44. The van der Waals surface area contributed by atoms with Crippen molar-refractivity contribution in [3.8, 4) is 0 Å². The number of urea groups is 1. The van der Waals surface area contributed by atoms with E-state index >= 15 is 0 Å². The van der Waals surface area contributed by atoms with Crippen LogP contribution >= 0.6 is 0 Å². The number of hydrogen-bond donors (Lipinski definition) is 2. The lowest BCUT2D eigenvalue weighted by molar-refractivity contribution is -0.144. The minimum Gasteiger partial charge on any atom is -0.355 e. The van der Waals surface area contributed by atoms with Crippen LogP contribution in [0.3, 0.4) is 0 Å². The number of likely N-dealkylation sites (N-methyl/N-ethyl adjacent to an activating group) is 1. The Kier molecular flexibility index (Phi) is 6.88. The van der Waals surface area contributed by atoms with E-state index in [1.165, 1.54) is 5.57 Å². The Morgan fingerprint density at radius 2 is 1.77 bits per heavy atom. The quantitative estimate of drug-likeness (QED) is 0.355. The summed E-state index contributed by atoms with van der Waals surface area (Å²) >= 11 is 0. The highest BCUT2D eigenvalue weighted by atomic mass is 16.2. The van der Waals surface area contributed by atoms with Crippen molar-refractivity contribution in [2.24, 2.45) is 0 Å². The van der Waals surface area contributed by atoms with Gasteiger partial charge in [-0.2, -0.15) is 0 Å². The summed E-state index contributed by atoms with van der Waals surface area (Å²) in [4.78, 5) is 61.0. The van der Waals surface area contributed by atoms with Gasteiger partial charge >= 0.3 is 17.8 Å². The summed E-state index contributed by atoms with van der Waals surface area (Å²) in [7, 11) is 0. The van der Waals surface area contributed by atoms with Crippen LogP contribution in [0.1, 0.15) is 39.0 Å². The molecule has 6 amide bonds. The molecule has 0 aromatic carbocycles. The van der Waals surface area contributed by atoms with Gasteiger partial charge in [-0.15, -0.1) is 0 Å². The second-order valence-corrected chi connectivity index (χ2v) is 6.22. The highest BCUT2D eigenvalue weighted by Gasteiger charge is 2.44. The Morgan fingerprint density at radius 3 is 2.42 bits per heavy atom. The van der Waals surface area contributed by atoms with Crippen molar-refractivity contribution >= 4 is 29.7 Å². The Balaban J connectivity index is 1.87. The van der Waals surface area contributed by atoms with Gasteiger partial charge in [0.25, 0.3) is 0 Å². The largest absolute Gasteiger partial charge is 0.355 e. The minimum absolute atomic E-state index is 0.131. The van der Waals surface area contributed by atoms with E-state index in [0.29, 0.717) is 17.9 Å². The van der Waals surface area contributed by atoms with Gasteiger partial charge in [-0.1, -0.05) is 11.6 Å². The van der Waals surface area contributed by atoms with E-state index in [1.807, 2.05) is 0 Å². The van der Waals surface area contributed by atoms with Gasteiger partial charge in [0.2, 0.25) is 11.8 Å². The van der Waals surface area contributed by atoms with E-state index in [0.717, 1.165) is 30.6 Å². The van der Waals surface area contributed by atoms with Crippen molar-refractivity contribution in [3.63, 3.8) is 0 Å². The number of rotatable bonds is 8. The molecule has 0 aromatic rings. The first-order chi connectivity index (χ1) is 12.4. The maximum absolute atomic E-state index is 12.3. The molecule has 9 heteroatoms. The van der Waals surface area contributed by atoms with E-state index in [1.54, 1.807) is 6.92 Å². The van der Waals surface area contributed by atoms with Crippen LogP contribution in [0.2, 0.25) is 0 Å². The van der Waals surface area contributed by atoms with E-state index < -0.39 is 30.3 Å². The van der Waals surface area contributed by atoms with Crippen molar-refractivity contribution in [2.45, 2.75) is 39.0 Å². The third kappa shape index (κ3) is 4.90. The van der Waals surface area contributed by atoms with Gasteiger partial charge in [-0.25, -0.2) is 9.69 Å². The maximum atomic E-state index is 12.3. The summed E-state index contributed by atoms with van der Waals surface area (Å²) < 4.78 is 0. The van der Waals surface area contributed by atoms with Crippen LogP contribution in [0.4, 0.5) is 4.79 Å². The molecule has 0 bridgehead atoms. The van der Waals surface area contributed by atoms with Crippen LogP contribution in [0, 0.1) is 0 Å². The minimum atomic E-state index is -1.01. The summed E-state index contributed by atoms with van der Waals surface area (Å²) in [6, 6.07) is -0.787. The van der Waals surface area contributed by atoms with E-state index in [4.69, 9.17) is 0 Å². The first-order valence-corrected chi connectivity index (χ1v) is 8.82. The molecule has 1 saturated heterocycles. The molecule has 0 aromatic heterocycles. The molecule has 26 heavy (non-hydrogen) atoms. The molecule has 0 atom stereocenters. The average Bonchev–Trinajstić information content (AvgIpc) is 2.83. The molecule has 1 aliphatic carbocycles. The molecule has 2 N–H and O–H groups in total. The topological polar surface area (TPSA) is 116 Å². The third-order valence-corrected chi connectivity index (χ3v) is 4.30. The molecule has 0 unspecified atom stereocenters. The Hall–Kier alpha value is -2.71. The van der Waals surface area contributed by atoms with Gasteiger partial charge in [0, 0.05) is 13.1 Å². The molecular formula is C17H24N4O5. The SMILES string of the molecule is CCNC(=O)CNC(=O)CN1C(=O)C(=O)N(CCC2=CCCCC2)C1=O. The molecule has 1 aliphatic heterocycles. The molecular weight excluding hydrogens is 340 g/mol. The van der Waals surface area contributed by atoms with Gasteiger partial charge in [0.05, 0.1) is 6.54 Å². The van der Waals surface area contributed by atoms with Crippen molar-refractivity contribution in [1.82, 2.24) is 20.4 Å². The zero-order chi connectivity index (χ0) is 19.1. The number of nitrogens with zero attached hydrogens (tertiary/aromatic N) is 2. The zero-order valence-corrected chi connectivity index (χ0v) is 14.9. The van der Waals surface area contributed by atoms with Gasteiger partial charge in [0.15, 0.2) is 0 Å². The summed E-state index contributed by atoms with van der Waals surface area (Å²) in [6.45, 7) is 1.46. The highest BCUT2D eigenvalue weighted by Crippen LogP contribution is 2.21. The number of carbonyl (C=O) groups is 5. The van der Waals surface area contributed by atoms with Crippen LogP contribution in [-0.2, 0) is 19.2 Å². The number of imide groups is 2. The van der Waals surface area contributed by atoms with Gasteiger partial charge in [-0.05, 0) is 39.0 Å². The first kappa shape index (κ1) is 19.6. The van der Waals surface area contributed by atoms with Crippen molar-refractivity contribution in [2.75, 3.05) is 26.2 Å². The summed E-state index contributed by atoms with van der Waals surface area (Å²) in [5.41, 5.74) is 1.18. The molecule has 2 aliphatic rings. The van der Waals surface area contributed by atoms with Crippen molar-refractivity contribution < 1.29 is 24.0 Å². The number of carbonyl (C=O) groups excluding carboxylic acids is 5. The van der Waals surface area contributed by atoms with Gasteiger partial charge in [-0.3, -0.25) is 24.1 Å². The van der Waals surface area contributed by atoms with Gasteiger partial charge in [0.1, 0.15) is 6.54 Å². The lowest BCUT2D eigenvalue weighted by atomic mass is 9.97. The maximum Gasteiger partial charge on any atom is 0.334 e. The average molecular weight is 364 g/mol. The molecule has 2 rings (SSSR count). The lowest BCUT2D eigenvalue weighted by Gasteiger charge is -2.17. The van der Waals surface area contributed by atoms with Crippen molar-refractivity contribution in [1.29, 1.82) is 0 Å². The third-order valence-electron chi connectivity index (χ3n) is 4.30. The zero-order valence-electron chi connectivity index (χ0n) is 14.9. The smallest absolute Gasteiger partial charge is 0.334 e. The number of allylic oxidation sites excluding steroid dienone is 1. The second-order valence-electron chi connectivity index (χ2n) is 6.22. The van der Waals surface area contributed by atoms with Crippen LogP contribution in [0.5, 0.6) is 0 Å².